The molecule has 0 aromatic carbocycles. The van der Waals surface area contributed by atoms with Crippen LogP contribution in [0.15, 0.2) is 24.3 Å². The van der Waals surface area contributed by atoms with Gasteiger partial charge in [0.15, 0.2) is 0 Å². The normalized spacial score (nSPS) is 11.5. The average molecular weight is 190 g/mol. The minimum absolute atomic E-state index is 0.338. The largest absolute Gasteiger partial charge is 0.394 e. The molecule has 2 N–H and O–H groups in total. The van der Waals surface area contributed by atoms with E-state index < -0.39 is 14.6 Å². The van der Waals surface area contributed by atoms with E-state index in [1.54, 1.807) is 12.2 Å². The lowest BCUT2D eigenvalue weighted by molar-refractivity contribution is -0.130. The van der Waals surface area contributed by atoms with Crippen LogP contribution in [-0.2, 0) is 9.32 Å². The third kappa shape index (κ3) is 5.02. The Bertz CT molecular complexity index is 198. The second kappa shape index (κ2) is 5.89. The maximum absolute atomic E-state index is 10.8. The molecule has 0 saturated heterocycles. The van der Waals surface area contributed by atoms with Crippen molar-refractivity contribution < 1.29 is 19.1 Å². The monoisotopic (exact) mass is 190 g/mol. The van der Waals surface area contributed by atoms with Gasteiger partial charge in [0, 0.05) is 5.57 Å². The van der Waals surface area contributed by atoms with Crippen molar-refractivity contribution in [2.75, 3.05) is 0 Å². The van der Waals surface area contributed by atoms with Crippen molar-refractivity contribution in [1.82, 2.24) is 0 Å². The molecule has 0 fully saturated rings. The van der Waals surface area contributed by atoms with Gasteiger partial charge in [-0.2, -0.15) is 0 Å². The Morgan fingerprint density at radius 1 is 1.67 bits per heavy atom. The first-order chi connectivity index (χ1) is 5.57. The van der Waals surface area contributed by atoms with Crippen molar-refractivity contribution in [1.29, 1.82) is 0 Å². The van der Waals surface area contributed by atoms with Crippen LogP contribution in [0.1, 0.15) is 13.3 Å². The fourth-order valence-electron chi connectivity index (χ4n) is 0.490. The Hall–Kier alpha value is -0.700. The highest BCUT2D eigenvalue weighted by atomic mass is 31.2. The molecule has 0 radical (unpaired) electrons. The number of allylic oxidation sites excluding steroid dienone is 2. The summed E-state index contributed by atoms with van der Waals surface area (Å²) in [5.74, 6) is -0.715. The Labute approximate surface area is 72.2 Å². The van der Waals surface area contributed by atoms with Crippen molar-refractivity contribution in [3.05, 3.63) is 24.3 Å². The Morgan fingerprint density at radius 3 is 2.67 bits per heavy atom. The molecule has 0 heterocycles. The summed E-state index contributed by atoms with van der Waals surface area (Å²) in [5.41, 5.74) is 0.338. The number of rotatable bonds is 4. The molecule has 5 heteroatoms. The summed E-state index contributed by atoms with van der Waals surface area (Å²) in [6.07, 6.45) is 3.77. The quantitative estimate of drug-likeness (QED) is 0.398. The van der Waals surface area contributed by atoms with Crippen molar-refractivity contribution in [2.24, 2.45) is 0 Å². The van der Waals surface area contributed by atoms with Crippen LogP contribution in [0.3, 0.4) is 0 Å². The van der Waals surface area contributed by atoms with E-state index in [-0.39, 0.29) is 0 Å². The first kappa shape index (κ1) is 11.3. The maximum Gasteiger partial charge on any atom is 0.394 e. The lowest BCUT2D eigenvalue weighted by Crippen LogP contribution is -2.01. The minimum Gasteiger partial charge on any atom is -0.391 e. The molecule has 0 saturated carbocycles. The molecule has 0 aliphatic carbocycles. The van der Waals surface area contributed by atoms with Gasteiger partial charge in [-0.25, -0.2) is 4.79 Å². The molecule has 0 amide bonds. The Balaban J connectivity index is 4.00. The van der Waals surface area contributed by atoms with Crippen LogP contribution < -0.4 is 0 Å². The van der Waals surface area contributed by atoms with Gasteiger partial charge >= 0.3 is 14.6 Å². The smallest absolute Gasteiger partial charge is 0.391 e. The van der Waals surface area contributed by atoms with E-state index in [1.807, 2.05) is 0 Å². The van der Waals surface area contributed by atoms with Gasteiger partial charge in [0.05, 0.1) is 0 Å². The zero-order valence-electron chi connectivity index (χ0n) is 6.73. The number of carbonyl (C=O) groups is 1. The molecular formula is C7H11O4P. The van der Waals surface area contributed by atoms with E-state index >= 15 is 0 Å². The zero-order chi connectivity index (χ0) is 9.56. The predicted molar refractivity (Wildman–Crippen MR) is 46.0 cm³/mol. The molecule has 0 aromatic heterocycles. The van der Waals surface area contributed by atoms with Gasteiger partial charge in [-0.15, -0.1) is 6.58 Å². The fourth-order valence-corrected chi connectivity index (χ4v) is 0.782. The average Bonchev–Trinajstić information content (AvgIpc) is 1.98. The van der Waals surface area contributed by atoms with Crippen molar-refractivity contribution in [3.63, 3.8) is 0 Å². The minimum atomic E-state index is -2.60. The van der Waals surface area contributed by atoms with Gasteiger partial charge < -0.3 is 14.3 Å². The van der Waals surface area contributed by atoms with Crippen molar-refractivity contribution in [3.8, 4) is 0 Å². The number of hydrogen-bond donors (Lipinski definition) is 2. The van der Waals surface area contributed by atoms with Crippen LogP contribution in [-0.4, -0.2) is 15.8 Å². The molecule has 0 aliphatic rings. The highest BCUT2D eigenvalue weighted by molar-refractivity contribution is 7.40. The van der Waals surface area contributed by atoms with Gasteiger partial charge in [-0.05, 0) is 13.3 Å². The van der Waals surface area contributed by atoms with E-state index in [4.69, 9.17) is 9.79 Å². The highest BCUT2D eigenvalue weighted by Crippen LogP contribution is 2.25. The molecular weight excluding hydrogens is 179 g/mol. The molecule has 4 nitrogen and oxygen atoms in total. The van der Waals surface area contributed by atoms with Crippen LogP contribution in [0.25, 0.3) is 0 Å². The summed E-state index contributed by atoms with van der Waals surface area (Å²) >= 11 is 0. The van der Waals surface area contributed by atoms with E-state index in [2.05, 4.69) is 11.1 Å². The molecule has 0 aromatic rings. The molecule has 0 unspecified atom stereocenters. The van der Waals surface area contributed by atoms with E-state index in [0.29, 0.717) is 12.0 Å². The van der Waals surface area contributed by atoms with Gasteiger partial charge in [0.25, 0.3) is 0 Å². The SMILES string of the molecule is C=CCC=C(C)C(=O)OP(O)O. The third-order valence-electron chi connectivity index (χ3n) is 1.08. The Morgan fingerprint density at radius 2 is 2.25 bits per heavy atom. The predicted octanol–water partition coefficient (Wildman–Crippen LogP) is 1.26. The van der Waals surface area contributed by atoms with Crippen LogP contribution in [0.2, 0.25) is 0 Å². The van der Waals surface area contributed by atoms with Crippen LogP contribution in [0.5, 0.6) is 0 Å². The maximum atomic E-state index is 10.8. The number of hydrogen-bond acceptors (Lipinski definition) is 4. The summed E-state index contributed by atoms with van der Waals surface area (Å²) in [7, 11) is -2.60. The standard InChI is InChI=1S/C7H11O4P/c1-3-4-5-6(2)7(8)11-12(9)10/h3,5,9-10H,1,4H2,2H3. The first-order valence-electron chi connectivity index (χ1n) is 3.25. The molecule has 0 bridgehead atoms. The van der Waals surface area contributed by atoms with Crippen LogP contribution in [0.4, 0.5) is 0 Å². The molecule has 0 atom stereocenters. The molecule has 12 heavy (non-hydrogen) atoms. The van der Waals surface area contributed by atoms with E-state index in [9.17, 15) is 4.79 Å². The number of carbonyl (C=O) groups excluding carboxylic acids is 1. The van der Waals surface area contributed by atoms with Gasteiger partial charge in [-0.3, -0.25) is 0 Å². The first-order valence-corrected chi connectivity index (χ1v) is 4.42. The summed E-state index contributed by atoms with van der Waals surface area (Å²) in [6, 6.07) is 0. The molecule has 0 rings (SSSR count). The molecule has 0 aliphatic heterocycles. The molecule has 0 spiro atoms. The third-order valence-corrected chi connectivity index (χ3v) is 1.41. The van der Waals surface area contributed by atoms with Crippen molar-refractivity contribution >= 4 is 14.6 Å². The topological polar surface area (TPSA) is 66.8 Å². The zero-order valence-corrected chi connectivity index (χ0v) is 7.62. The van der Waals surface area contributed by atoms with Crippen molar-refractivity contribution in [2.45, 2.75) is 13.3 Å². The van der Waals surface area contributed by atoms with Gasteiger partial charge in [0.1, 0.15) is 0 Å². The second-order valence-electron chi connectivity index (χ2n) is 2.04. The molecule has 68 valence electrons. The Kier molecular flexibility index (Phi) is 5.54. The summed E-state index contributed by atoms with van der Waals surface area (Å²) in [5, 5.41) is 0. The second-order valence-corrected chi connectivity index (χ2v) is 2.73. The lowest BCUT2D eigenvalue weighted by Gasteiger charge is -2.02. The summed E-state index contributed by atoms with van der Waals surface area (Å²) < 4.78 is 4.14. The van der Waals surface area contributed by atoms with E-state index in [1.165, 1.54) is 6.92 Å². The summed E-state index contributed by atoms with van der Waals surface area (Å²) in [4.78, 5) is 27.5. The van der Waals surface area contributed by atoms with E-state index in [0.717, 1.165) is 0 Å². The van der Waals surface area contributed by atoms with Gasteiger partial charge in [-0.1, -0.05) is 12.2 Å². The van der Waals surface area contributed by atoms with Crippen LogP contribution in [0, 0.1) is 0 Å². The lowest BCUT2D eigenvalue weighted by atomic mass is 10.2. The van der Waals surface area contributed by atoms with Gasteiger partial charge in [0.2, 0.25) is 0 Å². The highest BCUT2D eigenvalue weighted by Gasteiger charge is 2.10. The fraction of sp³-hybridized carbons (Fsp3) is 0.286. The van der Waals surface area contributed by atoms with Crippen LogP contribution >= 0.6 is 8.60 Å². The summed E-state index contributed by atoms with van der Waals surface area (Å²) in [6.45, 7) is 4.99.